The normalized spacial score (nSPS) is 18.3. The number of hydrogen-bond donors (Lipinski definition) is 2. The first-order valence-corrected chi connectivity index (χ1v) is 13.6. The van der Waals surface area contributed by atoms with Gasteiger partial charge in [0.15, 0.2) is 5.82 Å². The number of nitrogens with zero attached hydrogens (tertiary/aromatic N) is 3. The van der Waals surface area contributed by atoms with Gasteiger partial charge in [-0.15, -0.1) is 11.8 Å². The maximum atomic E-state index is 12.4. The highest BCUT2D eigenvalue weighted by Crippen LogP contribution is 2.60. The fraction of sp³-hybridized carbons (Fsp3) is 0.370. The van der Waals surface area contributed by atoms with E-state index in [9.17, 15) is 13.6 Å². The number of alkyl halides is 2. The first-order chi connectivity index (χ1) is 18.3. The van der Waals surface area contributed by atoms with Gasteiger partial charge in [-0.2, -0.15) is 0 Å². The van der Waals surface area contributed by atoms with E-state index in [1.807, 2.05) is 36.4 Å². The van der Waals surface area contributed by atoms with E-state index < -0.39 is 19.0 Å². The van der Waals surface area contributed by atoms with Crippen molar-refractivity contribution >= 4 is 40.9 Å². The van der Waals surface area contributed by atoms with Crippen LogP contribution >= 0.6 is 23.4 Å². The quantitative estimate of drug-likeness (QED) is 0.342. The highest BCUT2D eigenvalue weighted by atomic mass is 35.5. The van der Waals surface area contributed by atoms with Crippen molar-refractivity contribution in [3.05, 3.63) is 65.3 Å². The number of ether oxygens (including phenoxy) is 1. The number of benzene rings is 2. The summed E-state index contributed by atoms with van der Waals surface area (Å²) in [4.78, 5) is 25.1. The van der Waals surface area contributed by atoms with Crippen LogP contribution in [0.2, 0.25) is 5.02 Å². The van der Waals surface area contributed by atoms with Crippen LogP contribution in [0.3, 0.4) is 0 Å². The minimum Gasteiger partial charge on any atom is -0.377 e. The van der Waals surface area contributed by atoms with Crippen LogP contribution < -0.4 is 15.5 Å². The highest BCUT2D eigenvalue weighted by Gasteiger charge is 2.48. The number of thioether (sulfide) groups is 1. The van der Waals surface area contributed by atoms with Gasteiger partial charge in [-0.3, -0.25) is 0 Å². The Labute approximate surface area is 229 Å². The van der Waals surface area contributed by atoms with Gasteiger partial charge in [0, 0.05) is 28.8 Å². The van der Waals surface area contributed by atoms with Gasteiger partial charge in [-0.25, -0.2) is 23.5 Å². The van der Waals surface area contributed by atoms with Gasteiger partial charge in [-0.1, -0.05) is 23.7 Å². The van der Waals surface area contributed by atoms with Crippen molar-refractivity contribution in [2.75, 3.05) is 36.5 Å². The average Bonchev–Trinajstić information content (AvgIpc) is 3.70. The molecule has 2 aromatic carbocycles. The first kappa shape index (κ1) is 26.6. The fourth-order valence-corrected chi connectivity index (χ4v) is 5.82. The van der Waals surface area contributed by atoms with Crippen LogP contribution in [0.1, 0.15) is 25.5 Å². The summed E-state index contributed by atoms with van der Waals surface area (Å²) in [5.41, 5.74) is 2.22. The summed E-state index contributed by atoms with van der Waals surface area (Å²) in [6.45, 7) is 3.40. The molecule has 0 radical (unpaired) electrons. The molecule has 0 bridgehead atoms. The number of carbonyl (C=O) groups excluding carboxylic acids is 1. The van der Waals surface area contributed by atoms with Crippen molar-refractivity contribution in [2.24, 2.45) is 0 Å². The molecule has 1 saturated carbocycles. The summed E-state index contributed by atoms with van der Waals surface area (Å²) in [5, 5.41) is 5.41. The van der Waals surface area contributed by atoms with Gasteiger partial charge in [0.2, 0.25) is 0 Å². The number of rotatable bonds is 8. The second kappa shape index (κ2) is 11.4. The standard InChI is InChI=1S/C27H28ClF2N5O2S/c1-17-16-37-13-12-35(17)24-14-22(27(10-11-27)38-21-5-3-2-4-20(21)28)33-25(34-24)18-6-8-19(9-7-18)32-26(36)31-15-23(29)30/h2-9,14,17,23H,10-13,15-16H2,1H3,(H2,31,32,36)/t17-/m0/s1. The van der Waals surface area contributed by atoms with Crippen LogP contribution in [-0.2, 0) is 9.48 Å². The lowest BCUT2D eigenvalue weighted by Gasteiger charge is -2.34. The molecule has 2 N–H and O–H groups in total. The van der Waals surface area contributed by atoms with E-state index in [0.29, 0.717) is 24.7 Å². The van der Waals surface area contributed by atoms with Crippen molar-refractivity contribution in [3.8, 4) is 11.4 Å². The van der Waals surface area contributed by atoms with E-state index in [2.05, 4.69) is 28.5 Å². The zero-order valence-corrected chi connectivity index (χ0v) is 22.4. The van der Waals surface area contributed by atoms with Gasteiger partial charge in [-0.05, 0) is 56.2 Å². The summed E-state index contributed by atoms with van der Waals surface area (Å²) < 4.78 is 30.2. The minimum absolute atomic E-state index is 0.170. The van der Waals surface area contributed by atoms with Crippen molar-refractivity contribution < 1.29 is 18.3 Å². The summed E-state index contributed by atoms with van der Waals surface area (Å²) in [5.74, 6) is 1.43. The van der Waals surface area contributed by atoms with Crippen LogP contribution in [0.15, 0.2) is 59.5 Å². The number of amides is 2. The van der Waals surface area contributed by atoms with E-state index in [1.165, 1.54) is 0 Å². The van der Waals surface area contributed by atoms with Crippen LogP contribution in [0.25, 0.3) is 11.4 Å². The smallest absolute Gasteiger partial charge is 0.319 e. The predicted molar refractivity (Wildman–Crippen MR) is 146 cm³/mol. The van der Waals surface area contributed by atoms with Gasteiger partial charge >= 0.3 is 6.03 Å². The minimum atomic E-state index is -2.61. The Morgan fingerprint density at radius 1 is 1.21 bits per heavy atom. The lowest BCUT2D eigenvalue weighted by atomic mass is 10.1. The number of morpholine rings is 1. The third-order valence-corrected chi connectivity index (χ3v) is 8.53. The molecule has 11 heteroatoms. The molecular formula is C27H28ClF2N5O2S. The Balaban J connectivity index is 1.45. The second-order valence-electron chi connectivity index (χ2n) is 9.38. The SMILES string of the molecule is C[C@H]1COCCN1c1cc(C2(Sc3ccccc3Cl)CC2)nc(-c2ccc(NC(=O)NCC(F)F)cc2)n1. The largest absolute Gasteiger partial charge is 0.377 e. The molecule has 2 aliphatic rings. The zero-order valence-electron chi connectivity index (χ0n) is 20.8. The zero-order chi connectivity index (χ0) is 26.7. The topological polar surface area (TPSA) is 79.4 Å². The molecule has 1 aromatic heterocycles. The molecule has 1 saturated heterocycles. The van der Waals surface area contributed by atoms with Gasteiger partial charge in [0.1, 0.15) is 5.82 Å². The van der Waals surface area contributed by atoms with Crippen molar-refractivity contribution in [1.82, 2.24) is 15.3 Å². The number of urea groups is 1. The van der Waals surface area contributed by atoms with Gasteiger partial charge < -0.3 is 20.3 Å². The molecule has 38 heavy (non-hydrogen) atoms. The monoisotopic (exact) mass is 559 g/mol. The molecule has 2 heterocycles. The molecule has 0 spiro atoms. The van der Waals surface area contributed by atoms with E-state index in [4.69, 9.17) is 26.3 Å². The number of carbonyl (C=O) groups is 1. The molecule has 2 amide bonds. The summed E-state index contributed by atoms with van der Waals surface area (Å²) >= 11 is 8.22. The Hall–Kier alpha value is -2.95. The molecule has 2 fully saturated rings. The van der Waals surface area contributed by atoms with Gasteiger partial charge in [0.05, 0.1) is 41.3 Å². The highest BCUT2D eigenvalue weighted by molar-refractivity contribution is 8.00. The maximum absolute atomic E-state index is 12.4. The summed E-state index contributed by atoms with van der Waals surface area (Å²) in [7, 11) is 0. The number of aromatic nitrogens is 2. The van der Waals surface area contributed by atoms with Crippen molar-refractivity contribution in [2.45, 2.75) is 41.9 Å². The Morgan fingerprint density at radius 2 is 1.97 bits per heavy atom. The third-order valence-electron chi connectivity index (χ3n) is 6.51. The van der Waals surface area contributed by atoms with E-state index in [-0.39, 0.29) is 10.8 Å². The van der Waals surface area contributed by atoms with Crippen molar-refractivity contribution in [1.29, 1.82) is 0 Å². The predicted octanol–water partition coefficient (Wildman–Crippen LogP) is 6.19. The Kier molecular flexibility index (Phi) is 8.01. The van der Waals surface area contributed by atoms with Crippen molar-refractivity contribution in [3.63, 3.8) is 0 Å². The molecule has 200 valence electrons. The number of hydrogen-bond acceptors (Lipinski definition) is 6. The lowest BCUT2D eigenvalue weighted by Crippen LogP contribution is -2.44. The van der Waals surface area contributed by atoms with Crippen LogP contribution in [0, 0.1) is 0 Å². The molecule has 1 aliphatic carbocycles. The first-order valence-electron chi connectivity index (χ1n) is 12.4. The fourth-order valence-electron chi connectivity index (χ4n) is 4.32. The average molecular weight is 560 g/mol. The van der Waals surface area contributed by atoms with E-state index in [1.54, 1.807) is 23.9 Å². The molecule has 7 nitrogen and oxygen atoms in total. The van der Waals surface area contributed by atoms with E-state index in [0.717, 1.165) is 46.4 Å². The Morgan fingerprint density at radius 3 is 2.66 bits per heavy atom. The molecule has 0 unspecified atom stereocenters. The summed E-state index contributed by atoms with van der Waals surface area (Å²) in [6.07, 6.45) is -0.649. The number of anilines is 2. The van der Waals surface area contributed by atoms with Gasteiger partial charge in [0.25, 0.3) is 6.43 Å². The van der Waals surface area contributed by atoms with Crippen LogP contribution in [0.4, 0.5) is 25.1 Å². The third kappa shape index (κ3) is 6.19. The van der Waals surface area contributed by atoms with Crippen LogP contribution in [0.5, 0.6) is 0 Å². The molecule has 5 rings (SSSR count). The molecule has 3 aromatic rings. The number of nitrogens with one attached hydrogen (secondary N) is 2. The molecule has 1 aliphatic heterocycles. The lowest BCUT2D eigenvalue weighted by molar-refractivity contribution is 0.0985. The molecule has 1 atom stereocenters. The maximum Gasteiger partial charge on any atom is 0.319 e. The summed E-state index contributed by atoms with van der Waals surface area (Å²) in [6, 6.07) is 16.4. The van der Waals surface area contributed by atoms with E-state index >= 15 is 0 Å². The number of halogens is 3. The second-order valence-corrected chi connectivity index (χ2v) is 11.2. The Bertz CT molecular complexity index is 1290. The van der Waals surface area contributed by atoms with Crippen LogP contribution in [-0.4, -0.2) is 54.8 Å². The molecular weight excluding hydrogens is 532 g/mol.